The van der Waals surface area contributed by atoms with E-state index in [1.54, 1.807) is 53.5 Å². The van der Waals surface area contributed by atoms with E-state index in [4.69, 9.17) is 48.6 Å². The van der Waals surface area contributed by atoms with Crippen molar-refractivity contribution in [2.24, 2.45) is 29.6 Å². The minimum atomic E-state index is -1.44. The third kappa shape index (κ3) is 12.1. The lowest BCUT2D eigenvalue weighted by atomic mass is 9.70. The Balaban J connectivity index is 1.23. The van der Waals surface area contributed by atoms with Gasteiger partial charge in [-0.25, -0.2) is 15.0 Å². The summed E-state index contributed by atoms with van der Waals surface area (Å²) >= 11 is 1.36. The number of aryl methyl sites for hydroxylation is 1. The van der Waals surface area contributed by atoms with Crippen LogP contribution in [0.1, 0.15) is 101 Å². The Morgan fingerprint density at radius 2 is 1.63 bits per heavy atom. The highest BCUT2D eigenvalue weighted by Crippen LogP contribution is 2.49. The number of rotatable bonds is 15. The number of ether oxygens (including phenoxy) is 8. The molecule has 7 heterocycles. The Labute approximate surface area is 445 Å². The molecule has 418 valence electrons. The van der Waals surface area contributed by atoms with Crippen LogP contribution in [0, 0.1) is 29.6 Å². The van der Waals surface area contributed by atoms with Crippen LogP contribution in [-0.2, 0) is 65.4 Å². The summed E-state index contributed by atoms with van der Waals surface area (Å²) in [4.78, 5) is 64.6. The van der Waals surface area contributed by atoms with E-state index in [-0.39, 0.29) is 43.0 Å². The molecule has 22 heteroatoms. The van der Waals surface area contributed by atoms with Crippen molar-refractivity contribution in [3.05, 3.63) is 36.7 Å². The van der Waals surface area contributed by atoms with Gasteiger partial charge in [0.25, 0.3) is 0 Å². The largest absolute Gasteiger partial charge is 0.458 e. The molecular formula is C53H82N8O13S. The Morgan fingerprint density at radius 3 is 2.28 bits per heavy atom. The Kier molecular flexibility index (Phi) is 18.6. The number of nitrogens with two attached hydrogens (primary N) is 1. The number of hydrogen-bond donors (Lipinski definition) is 4. The number of nitrogens with zero attached hydrogens (tertiary/aromatic N) is 6. The van der Waals surface area contributed by atoms with Gasteiger partial charge in [-0.1, -0.05) is 27.7 Å². The summed E-state index contributed by atoms with van der Waals surface area (Å²) in [7, 11) is 6.84. The number of aliphatic hydroxyl groups excluding tert-OH is 2. The zero-order chi connectivity index (χ0) is 54.9. The van der Waals surface area contributed by atoms with Gasteiger partial charge in [0, 0.05) is 80.7 Å². The van der Waals surface area contributed by atoms with Crippen LogP contribution in [0.2, 0.25) is 0 Å². The zero-order valence-corrected chi connectivity index (χ0v) is 46.9. The summed E-state index contributed by atoms with van der Waals surface area (Å²) in [5.74, 6) is -4.23. The molecule has 0 unspecified atom stereocenters. The maximum atomic E-state index is 15.3. The minimum absolute atomic E-state index is 0.111. The highest BCUT2D eigenvalue weighted by Gasteiger charge is 2.62. The standard InChI is InChI=1S/C53H82N8O13S/c1-15-35-53(10)38(43(49(66)74-53)75-21-20-61-26-57-39-46(54)58-36(59-47(39)61)25-56-33-16-18-55-19-17-33)29(4)40(62)27(2)23-52(9,68-14)45(73-50-41(63)34(60(11)12)22-28(3)69-50)30(5)42(31(6)48(65)71-35)72-37-24-51(8,67-13)44(64)32(7)70-37/h16-19,26-32,34-35,37-38,41-45,50,63-64H,15,20-25H2,1-14H3,(H,55,56)(H2,54,58,59)/t27-,28-,29-,30+,31-,32+,34+,35-,37+,38+,41-,42+,43+,44+,45-,50+,51-,52-,53-/m1/s1. The van der Waals surface area contributed by atoms with Crippen LogP contribution in [0.5, 0.6) is 0 Å². The number of aromatic nitrogens is 5. The van der Waals surface area contributed by atoms with Crippen LogP contribution in [0.25, 0.3) is 11.2 Å². The molecule has 19 atom stereocenters. The van der Waals surface area contributed by atoms with Gasteiger partial charge in [-0.15, -0.1) is 11.8 Å². The first-order valence-corrected chi connectivity index (χ1v) is 27.4. The molecule has 7 rings (SSSR count). The van der Waals surface area contributed by atoms with Crippen LogP contribution in [0.4, 0.5) is 11.5 Å². The van der Waals surface area contributed by atoms with Crippen molar-refractivity contribution >= 4 is 52.2 Å². The van der Waals surface area contributed by atoms with E-state index in [9.17, 15) is 15.0 Å². The molecule has 4 aliphatic heterocycles. The van der Waals surface area contributed by atoms with Crippen LogP contribution in [0.3, 0.4) is 0 Å². The van der Waals surface area contributed by atoms with Crippen LogP contribution < -0.4 is 11.1 Å². The Morgan fingerprint density at radius 1 is 0.933 bits per heavy atom. The molecule has 3 aromatic heterocycles. The molecule has 75 heavy (non-hydrogen) atoms. The van der Waals surface area contributed by atoms with Gasteiger partial charge in [0.2, 0.25) is 0 Å². The SMILES string of the molecule is CC[C@H]1OC(=O)[C@H](C)[C@@H](O[C@H]2C[C@@](C)(OC)[C@@H](O)[C@H](C)O2)[C@H](C)[C@@H](O[C@@H]2O[C@H](C)C[C@H](N(C)C)[C@H]2O)[C@](C)(OC)C[C@@H](C)C(=O)[C@H](C)[C@H]2[C@H](SCCn3cnc4c(N)nc(CNc5ccncc5)nc43)C(=O)O[C@@]21C. The minimum Gasteiger partial charge on any atom is -0.458 e. The quantitative estimate of drug-likeness (QED) is 0.149. The second-order valence-corrected chi connectivity index (χ2v) is 23.4. The summed E-state index contributed by atoms with van der Waals surface area (Å²) in [5, 5.41) is 25.5. The topological polar surface area (TPSA) is 263 Å². The number of ketones is 1. The molecule has 0 aromatic carbocycles. The number of cyclic esters (lactones) is 1. The fourth-order valence-electron chi connectivity index (χ4n) is 12.1. The molecule has 0 amide bonds. The number of hydrogen-bond acceptors (Lipinski definition) is 21. The zero-order valence-electron chi connectivity index (χ0n) is 46.1. The van der Waals surface area contributed by atoms with Gasteiger partial charge < -0.3 is 68.6 Å². The number of nitrogen functional groups attached to an aromatic ring is 1. The molecule has 4 saturated heterocycles. The van der Waals surface area contributed by atoms with Gasteiger partial charge in [-0.3, -0.25) is 19.4 Å². The monoisotopic (exact) mass is 1070 g/mol. The van der Waals surface area contributed by atoms with Crippen molar-refractivity contribution < 1.29 is 62.5 Å². The first-order valence-electron chi connectivity index (χ1n) is 26.3. The van der Waals surface area contributed by atoms with E-state index in [1.165, 1.54) is 18.9 Å². The number of Topliss-reactive ketones (excluding diaryl/α,β-unsaturated/α-hetero) is 1. The average molecular weight is 1070 g/mol. The Hall–Kier alpha value is -4.10. The number of fused-ring (bicyclic) bond motifs is 2. The molecule has 4 fully saturated rings. The van der Waals surface area contributed by atoms with E-state index in [0.717, 1.165) is 5.69 Å². The van der Waals surface area contributed by atoms with Crippen molar-refractivity contribution in [2.45, 2.75) is 191 Å². The molecule has 3 aromatic rings. The van der Waals surface area contributed by atoms with Gasteiger partial charge in [-0.2, -0.15) is 0 Å². The molecule has 4 aliphatic rings. The van der Waals surface area contributed by atoms with Gasteiger partial charge in [-0.05, 0) is 87.0 Å². The van der Waals surface area contributed by atoms with E-state index in [1.807, 2.05) is 77.2 Å². The summed E-state index contributed by atoms with van der Waals surface area (Å²) < 4.78 is 53.8. The van der Waals surface area contributed by atoms with Crippen LogP contribution in [0.15, 0.2) is 30.9 Å². The second kappa shape index (κ2) is 23.9. The summed E-state index contributed by atoms with van der Waals surface area (Å²) in [5.41, 5.74) is 4.40. The van der Waals surface area contributed by atoms with Gasteiger partial charge in [0.15, 0.2) is 35.5 Å². The number of aliphatic hydroxyl groups is 2. The summed E-state index contributed by atoms with van der Waals surface area (Å²) in [6.45, 7) is 18.8. The van der Waals surface area contributed by atoms with Crippen molar-refractivity contribution in [3.63, 3.8) is 0 Å². The van der Waals surface area contributed by atoms with E-state index < -0.39 is 113 Å². The average Bonchev–Trinajstić information content (AvgIpc) is 3.91. The first-order chi connectivity index (χ1) is 35.4. The number of methoxy groups -OCH3 is 2. The molecule has 0 spiro atoms. The highest BCUT2D eigenvalue weighted by atomic mass is 32.2. The fraction of sp³-hybridized carbons (Fsp3) is 0.755. The molecule has 0 saturated carbocycles. The molecule has 5 N–H and O–H groups in total. The van der Waals surface area contributed by atoms with E-state index in [2.05, 4.69) is 20.3 Å². The number of anilines is 2. The lowest BCUT2D eigenvalue weighted by Crippen LogP contribution is -2.61. The lowest BCUT2D eigenvalue weighted by Gasteiger charge is -2.50. The smallest absolute Gasteiger partial charge is 0.320 e. The maximum absolute atomic E-state index is 15.3. The number of thioether (sulfide) groups is 1. The normalized spacial score (nSPS) is 39.2. The summed E-state index contributed by atoms with van der Waals surface area (Å²) in [6, 6.07) is 3.36. The van der Waals surface area contributed by atoms with E-state index in [0.29, 0.717) is 42.3 Å². The Bertz CT molecular complexity index is 2440. The molecule has 0 radical (unpaired) electrons. The number of imidazole rings is 1. The fourth-order valence-corrected chi connectivity index (χ4v) is 13.5. The second-order valence-electron chi connectivity index (χ2n) is 22.1. The number of esters is 2. The lowest BCUT2D eigenvalue weighted by molar-refractivity contribution is -0.319. The van der Waals surface area contributed by atoms with Crippen molar-refractivity contribution in [1.29, 1.82) is 0 Å². The van der Waals surface area contributed by atoms with E-state index >= 15 is 9.59 Å². The summed E-state index contributed by atoms with van der Waals surface area (Å²) in [6.07, 6.45) is -2.16. The third-order valence-electron chi connectivity index (χ3n) is 16.6. The van der Waals surface area contributed by atoms with Crippen molar-refractivity contribution in [2.75, 3.05) is 45.1 Å². The number of carbonyl (C=O) groups is 3. The van der Waals surface area contributed by atoms with Gasteiger partial charge in [0.05, 0.1) is 54.4 Å². The van der Waals surface area contributed by atoms with Crippen molar-refractivity contribution in [3.8, 4) is 0 Å². The number of carbonyl (C=O) groups excluding carboxylic acids is 3. The number of pyridine rings is 1. The molecular weight excluding hydrogens is 989 g/mol. The van der Waals surface area contributed by atoms with Crippen LogP contribution >= 0.6 is 11.8 Å². The van der Waals surface area contributed by atoms with Crippen LogP contribution in [-0.4, -0.2) is 175 Å². The molecule has 0 aliphatic carbocycles. The highest BCUT2D eigenvalue weighted by molar-refractivity contribution is 8.00. The van der Waals surface area contributed by atoms with Gasteiger partial charge in [0.1, 0.15) is 34.9 Å². The predicted octanol–water partition coefficient (Wildman–Crippen LogP) is 4.79. The molecule has 21 nitrogen and oxygen atoms in total. The van der Waals surface area contributed by atoms with Crippen molar-refractivity contribution in [1.82, 2.24) is 29.4 Å². The first kappa shape index (κ1) is 58.6. The maximum Gasteiger partial charge on any atom is 0.320 e. The third-order valence-corrected chi connectivity index (χ3v) is 17.8. The number of likely N-dealkylation sites (N-methyl/N-ethyl adjacent to an activating group) is 1. The van der Waals surface area contributed by atoms with Gasteiger partial charge >= 0.3 is 11.9 Å². The number of nitrogens with one attached hydrogen (secondary N) is 1. The predicted molar refractivity (Wildman–Crippen MR) is 280 cm³/mol. The molecule has 0 bridgehead atoms.